The molecule has 0 spiro atoms. The molecule has 1 rings (SSSR count). The molecule has 0 radical (unpaired) electrons. The van der Waals surface area contributed by atoms with E-state index in [-0.39, 0.29) is 0 Å². The van der Waals surface area contributed by atoms with Gasteiger partial charge in [0.1, 0.15) is 0 Å². The first-order valence-electron chi connectivity index (χ1n) is 6.49. The maximum absolute atomic E-state index is 5.63. The molecular weight excluding hydrogens is 216 g/mol. The summed E-state index contributed by atoms with van der Waals surface area (Å²) in [6.07, 6.45) is 0. The fraction of sp³-hybridized carbons (Fsp3) is 1.00. The lowest BCUT2D eigenvalue weighted by molar-refractivity contribution is -0.253. The summed E-state index contributed by atoms with van der Waals surface area (Å²) < 4.78 is 11.3. The Bertz CT molecular complexity index is 211. The summed E-state index contributed by atoms with van der Waals surface area (Å²) in [4.78, 5) is 2.27. The smallest absolute Gasteiger partial charge is 0.162 e. The Morgan fingerprint density at radius 1 is 1.24 bits per heavy atom. The van der Waals surface area contributed by atoms with Gasteiger partial charge in [-0.15, -0.1) is 0 Å². The summed E-state index contributed by atoms with van der Waals surface area (Å²) in [7, 11) is 4.26. The second-order valence-electron chi connectivity index (χ2n) is 5.90. The van der Waals surface area contributed by atoms with Gasteiger partial charge in [-0.2, -0.15) is 0 Å². The molecule has 102 valence electrons. The van der Waals surface area contributed by atoms with Gasteiger partial charge in [0.25, 0.3) is 0 Å². The zero-order chi connectivity index (χ0) is 13.1. The molecule has 0 aromatic rings. The van der Waals surface area contributed by atoms with Gasteiger partial charge in [0, 0.05) is 12.6 Å². The van der Waals surface area contributed by atoms with Crippen LogP contribution in [0.5, 0.6) is 0 Å². The van der Waals surface area contributed by atoms with Crippen LogP contribution in [0, 0.1) is 5.92 Å². The third kappa shape index (κ3) is 4.92. The zero-order valence-corrected chi connectivity index (χ0v) is 12.1. The molecule has 1 aliphatic heterocycles. The van der Waals surface area contributed by atoms with Gasteiger partial charge in [-0.1, -0.05) is 13.8 Å². The molecular formula is C13H28N2O2. The minimum Gasteiger partial charge on any atom is -0.349 e. The van der Waals surface area contributed by atoms with Crippen LogP contribution in [0.15, 0.2) is 0 Å². The molecule has 0 bridgehead atoms. The van der Waals surface area contributed by atoms with Crippen LogP contribution >= 0.6 is 0 Å². The van der Waals surface area contributed by atoms with E-state index in [1.54, 1.807) is 0 Å². The predicted molar refractivity (Wildman–Crippen MR) is 70.1 cm³/mol. The summed E-state index contributed by atoms with van der Waals surface area (Å²) in [6, 6.07) is 0.856. The SMILES string of the molecule is CC(C)C(CNC1COC(C)(C)OC1)N(C)C. The Kier molecular flexibility index (Phi) is 5.38. The second-order valence-corrected chi connectivity index (χ2v) is 5.90. The Balaban J connectivity index is 2.31. The molecule has 1 heterocycles. The van der Waals surface area contributed by atoms with E-state index in [4.69, 9.17) is 9.47 Å². The molecule has 1 aliphatic rings. The Morgan fingerprint density at radius 2 is 1.76 bits per heavy atom. The van der Waals surface area contributed by atoms with E-state index in [1.165, 1.54) is 0 Å². The Hall–Kier alpha value is -0.160. The summed E-state index contributed by atoms with van der Waals surface area (Å²) in [5.41, 5.74) is 0. The first-order chi connectivity index (χ1) is 7.82. The average molecular weight is 244 g/mol. The highest BCUT2D eigenvalue weighted by Gasteiger charge is 2.28. The molecule has 4 heteroatoms. The zero-order valence-electron chi connectivity index (χ0n) is 12.1. The Morgan fingerprint density at radius 3 is 2.18 bits per heavy atom. The fourth-order valence-electron chi connectivity index (χ4n) is 2.11. The molecule has 0 saturated carbocycles. The maximum atomic E-state index is 5.63. The highest BCUT2D eigenvalue weighted by molar-refractivity contribution is 4.78. The number of hydrogen-bond donors (Lipinski definition) is 1. The van der Waals surface area contributed by atoms with Gasteiger partial charge < -0.3 is 19.7 Å². The molecule has 0 amide bonds. The monoisotopic (exact) mass is 244 g/mol. The van der Waals surface area contributed by atoms with Gasteiger partial charge in [0.15, 0.2) is 5.79 Å². The quantitative estimate of drug-likeness (QED) is 0.791. The normalized spacial score (nSPS) is 23.3. The van der Waals surface area contributed by atoms with Crippen LogP contribution in [0.25, 0.3) is 0 Å². The van der Waals surface area contributed by atoms with Crippen molar-refractivity contribution in [3.05, 3.63) is 0 Å². The molecule has 17 heavy (non-hydrogen) atoms. The highest BCUT2D eigenvalue weighted by atomic mass is 16.7. The van der Waals surface area contributed by atoms with Gasteiger partial charge >= 0.3 is 0 Å². The number of nitrogens with zero attached hydrogens (tertiary/aromatic N) is 1. The van der Waals surface area contributed by atoms with E-state index < -0.39 is 5.79 Å². The van der Waals surface area contributed by atoms with Gasteiger partial charge in [-0.05, 0) is 33.9 Å². The molecule has 1 N–H and O–H groups in total. The van der Waals surface area contributed by atoms with Crippen molar-refractivity contribution in [3.63, 3.8) is 0 Å². The van der Waals surface area contributed by atoms with E-state index in [2.05, 4.69) is 38.2 Å². The van der Waals surface area contributed by atoms with Crippen LogP contribution in [-0.4, -0.2) is 56.6 Å². The van der Waals surface area contributed by atoms with E-state index in [1.807, 2.05) is 13.8 Å². The third-order valence-corrected chi connectivity index (χ3v) is 3.31. The van der Waals surface area contributed by atoms with E-state index >= 15 is 0 Å². The largest absolute Gasteiger partial charge is 0.349 e. The van der Waals surface area contributed by atoms with Gasteiger partial charge in [-0.3, -0.25) is 0 Å². The van der Waals surface area contributed by atoms with Crippen LogP contribution in [0.3, 0.4) is 0 Å². The average Bonchev–Trinajstić information content (AvgIpc) is 2.19. The first kappa shape index (κ1) is 14.9. The van der Waals surface area contributed by atoms with Crippen molar-refractivity contribution in [2.24, 2.45) is 5.92 Å². The number of hydrogen-bond acceptors (Lipinski definition) is 4. The lowest BCUT2D eigenvalue weighted by Crippen LogP contribution is -2.52. The van der Waals surface area contributed by atoms with Crippen molar-refractivity contribution < 1.29 is 9.47 Å². The number of ether oxygens (including phenoxy) is 2. The predicted octanol–water partition coefficient (Wildman–Crippen LogP) is 1.31. The minimum absolute atomic E-state index is 0.309. The van der Waals surface area contributed by atoms with E-state index in [9.17, 15) is 0 Å². The van der Waals surface area contributed by atoms with Gasteiger partial charge in [0.2, 0.25) is 0 Å². The molecule has 1 fully saturated rings. The molecule has 0 aromatic heterocycles. The molecule has 1 atom stereocenters. The van der Waals surface area contributed by atoms with Gasteiger partial charge in [-0.25, -0.2) is 0 Å². The van der Waals surface area contributed by atoms with Crippen molar-refractivity contribution in [1.29, 1.82) is 0 Å². The first-order valence-corrected chi connectivity index (χ1v) is 6.49. The Labute approximate surface area is 106 Å². The van der Waals surface area contributed by atoms with Crippen LogP contribution < -0.4 is 5.32 Å². The minimum atomic E-state index is -0.419. The topological polar surface area (TPSA) is 33.7 Å². The molecule has 1 saturated heterocycles. The van der Waals surface area contributed by atoms with Gasteiger partial charge in [0.05, 0.1) is 19.3 Å². The fourth-order valence-corrected chi connectivity index (χ4v) is 2.11. The number of likely N-dealkylation sites (N-methyl/N-ethyl adjacent to an activating group) is 1. The molecule has 4 nitrogen and oxygen atoms in total. The summed E-state index contributed by atoms with van der Waals surface area (Å²) in [5.74, 6) is 0.219. The summed E-state index contributed by atoms with van der Waals surface area (Å²) in [5, 5.41) is 3.53. The molecule has 0 aromatic carbocycles. The van der Waals surface area contributed by atoms with Crippen LogP contribution in [0.4, 0.5) is 0 Å². The lowest BCUT2D eigenvalue weighted by atomic mass is 10.0. The third-order valence-electron chi connectivity index (χ3n) is 3.31. The second kappa shape index (κ2) is 6.14. The van der Waals surface area contributed by atoms with Crippen LogP contribution in [0.1, 0.15) is 27.7 Å². The van der Waals surface area contributed by atoms with Crippen LogP contribution in [-0.2, 0) is 9.47 Å². The number of rotatable bonds is 5. The standard InChI is InChI=1S/C13H28N2O2/c1-10(2)12(15(5)6)7-14-11-8-16-13(3,4)17-9-11/h10-12,14H,7-9H2,1-6H3. The van der Waals surface area contributed by atoms with E-state index in [0.29, 0.717) is 18.0 Å². The summed E-state index contributed by atoms with van der Waals surface area (Å²) in [6.45, 7) is 10.9. The highest BCUT2D eigenvalue weighted by Crippen LogP contribution is 2.17. The maximum Gasteiger partial charge on any atom is 0.162 e. The van der Waals surface area contributed by atoms with E-state index in [0.717, 1.165) is 19.8 Å². The van der Waals surface area contributed by atoms with Crippen molar-refractivity contribution in [2.45, 2.75) is 45.6 Å². The van der Waals surface area contributed by atoms with Crippen molar-refractivity contribution >= 4 is 0 Å². The van der Waals surface area contributed by atoms with Crippen molar-refractivity contribution in [2.75, 3.05) is 33.9 Å². The molecule has 1 unspecified atom stereocenters. The summed E-state index contributed by atoms with van der Waals surface area (Å²) >= 11 is 0. The van der Waals surface area contributed by atoms with Crippen molar-refractivity contribution in [3.8, 4) is 0 Å². The van der Waals surface area contributed by atoms with Crippen molar-refractivity contribution in [1.82, 2.24) is 10.2 Å². The lowest BCUT2D eigenvalue weighted by Gasteiger charge is -2.37. The number of nitrogens with one attached hydrogen (secondary N) is 1. The van der Waals surface area contributed by atoms with Crippen LogP contribution in [0.2, 0.25) is 0 Å². The molecule has 0 aliphatic carbocycles.